The van der Waals surface area contributed by atoms with Crippen molar-refractivity contribution in [1.29, 1.82) is 0 Å². The molecule has 0 radical (unpaired) electrons. The zero-order chi connectivity index (χ0) is 23.1. The molecule has 6 nitrogen and oxygen atoms in total. The van der Waals surface area contributed by atoms with Crippen LogP contribution < -0.4 is 10.4 Å². The van der Waals surface area contributed by atoms with Crippen LogP contribution in [0.5, 0.6) is 5.75 Å². The number of fused-ring (bicyclic) bond motifs is 1. The maximum Gasteiger partial charge on any atom is 0.341 e. The van der Waals surface area contributed by atoms with Gasteiger partial charge in [-0.1, -0.05) is 37.6 Å². The van der Waals surface area contributed by atoms with Crippen molar-refractivity contribution in [2.24, 2.45) is 0 Å². The Kier molecular flexibility index (Phi) is 7.71. The smallest absolute Gasteiger partial charge is 0.341 e. The number of rotatable bonds is 9. The molecule has 6 heteroatoms. The number of esters is 1. The Morgan fingerprint density at radius 1 is 1.12 bits per heavy atom. The van der Waals surface area contributed by atoms with Crippen LogP contribution in [0.3, 0.4) is 0 Å². The third-order valence-corrected chi connectivity index (χ3v) is 5.38. The van der Waals surface area contributed by atoms with E-state index in [1.807, 2.05) is 37.3 Å². The lowest BCUT2D eigenvalue weighted by Crippen LogP contribution is -2.10. The zero-order valence-corrected chi connectivity index (χ0v) is 18.9. The molecule has 0 aliphatic rings. The summed E-state index contributed by atoms with van der Waals surface area (Å²) in [6.07, 6.45) is 4.03. The lowest BCUT2D eigenvalue weighted by molar-refractivity contribution is -0.133. The molecule has 0 N–H and O–H groups in total. The van der Waals surface area contributed by atoms with Gasteiger partial charge in [-0.05, 0) is 48.6 Å². The number of hydrogen-bond donors (Lipinski definition) is 0. The highest BCUT2D eigenvalue weighted by Gasteiger charge is 2.17. The average Bonchev–Trinajstić information content (AvgIpc) is 2.80. The number of ether oxygens (including phenoxy) is 3. The van der Waals surface area contributed by atoms with Crippen molar-refractivity contribution >= 4 is 22.5 Å². The van der Waals surface area contributed by atoms with Crippen LogP contribution >= 0.6 is 0 Å². The van der Waals surface area contributed by atoms with Crippen molar-refractivity contribution in [2.75, 3.05) is 14.2 Å². The largest absolute Gasteiger partial charge is 0.503 e. The third-order valence-electron chi connectivity index (χ3n) is 5.38. The summed E-state index contributed by atoms with van der Waals surface area (Å²) in [4.78, 5) is 24.6. The second-order valence-corrected chi connectivity index (χ2v) is 7.46. The van der Waals surface area contributed by atoms with E-state index >= 15 is 0 Å². The molecule has 0 bridgehead atoms. The van der Waals surface area contributed by atoms with E-state index in [0.717, 1.165) is 34.9 Å². The molecule has 0 amide bonds. The minimum absolute atomic E-state index is 0.206. The first-order valence-electron chi connectivity index (χ1n) is 10.6. The molecule has 168 valence electrons. The Hall–Kier alpha value is -3.54. The highest BCUT2D eigenvalue weighted by Crippen LogP contribution is 2.27. The van der Waals surface area contributed by atoms with Gasteiger partial charge in [0.2, 0.25) is 0 Å². The van der Waals surface area contributed by atoms with Crippen LogP contribution in [-0.2, 0) is 27.3 Å². The number of carbonyl (C=O) groups is 1. The van der Waals surface area contributed by atoms with Crippen LogP contribution in [0.1, 0.15) is 42.0 Å². The van der Waals surface area contributed by atoms with E-state index in [1.165, 1.54) is 20.5 Å². The van der Waals surface area contributed by atoms with E-state index in [-0.39, 0.29) is 12.2 Å². The van der Waals surface area contributed by atoms with Gasteiger partial charge < -0.3 is 18.6 Å². The molecule has 0 fully saturated rings. The van der Waals surface area contributed by atoms with Crippen molar-refractivity contribution < 1.29 is 23.4 Å². The molecule has 0 aliphatic carbocycles. The highest BCUT2D eigenvalue weighted by molar-refractivity contribution is 6.16. The van der Waals surface area contributed by atoms with Gasteiger partial charge in [-0.15, -0.1) is 0 Å². The van der Waals surface area contributed by atoms with Crippen molar-refractivity contribution in [3.05, 3.63) is 81.4 Å². The lowest BCUT2D eigenvalue weighted by Gasteiger charge is -2.13. The molecule has 0 aliphatic heterocycles. The van der Waals surface area contributed by atoms with Gasteiger partial charge in [-0.2, -0.15) is 0 Å². The quantitative estimate of drug-likeness (QED) is 0.199. The second kappa shape index (κ2) is 10.7. The van der Waals surface area contributed by atoms with Crippen molar-refractivity contribution in [3.63, 3.8) is 0 Å². The maximum atomic E-state index is 12.5. The molecule has 0 spiro atoms. The summed E-state index contributed by atoms with van der Waals surface area (Å²) >= 11 is 0. The summed E-state index contributed by atoms with van der Waals surface area (Å²) in [6, 6.07) is 12.9. The van der Waals surface area contributed by atoms with Gasteiger partial charge >= 0.3 is 11.6 Å². The molecule has 32 heavy (non-hydrogen) atoms. The highest BCUT2D eigenvalue weighted by atomic mass is 16.5. The van der Waals surface area contributed by atoms with E-state index in [2.05, 4.69) is 6.92 Å². The molecular formula is C26H28O6. The molecule has 0 saturated carbocycles. The van der Waals surface area contributed by atoms with Crippen LogP contribution in [0.2, 0.25) is 0 Å². The van der Waals surface area contributed by atoms with Crippen LogP contribution in [0.25, 0.3) is 16.5 Å². The second-order valence-electron chi connectivity index (χ2n) is 7.46. The summed E-state index contributed by atoms with van der Waals surface area (Å²) in [5, 5.41) is 0.902. The lowest BCUT2D eigenvalue weighted by atomic mass is 10.0. The Balaban J connectivity index is 1.88. The minimum Gasteiger partial charge on any atom is -0.503 e. The topological polar surface area (TPSA) is 75.0 Å². The fourth-order valence-electron chi connectivity index (χ4n) is 3.63. The van der Waals surface area contributed by atoms with E-state index in [1.54, 1.807) is 12.1 Å². The normalized spacial score (nSPS) is 11.4. The Morgan fingerprint density at radius 2 is 1.91 bits per heavy atom. The maximum absolute atomic E-state index is 12.5. The predicted molar refractivity (Wildman–Crippen MR) is 124 cm³/mol. The van der Waals surface area contributed by atoms with Crippen molar-refractivity contribution in [2.45, 2.75) is 39.7 Å². The predicted octanol–water partition coefficient (Wildman–Crippen LogP) is 5.18. The van der Waals surface area contributed by atoms with Crippen LogP contribution in [0.15, 0.2) is 57.9 Å². The van der Waals surface area contributed by atoms with Gasteiger partial charge in [0.25, 0.3) is 0 Å². The Bertz CT molecular complexity index is 1190. The molecule has 0 atom stereocenters. The van der Waals surface area contributed by atoms with Crippen LogP contribution in [0.4, 0.5) is 0 Å². The summed E-state index contributed by atoms with van der Waals surface area (Å²) in [7, 11) is 2.80. The van der Waals surface area contributed by atoms with Gasteiger partial charge in [-0.25, -0.2) is 9.59 Å². The number of unbranched alkanes of at least 4 members (excludes halogenated alkanes) is 1. The van der Waals surface area contributed by atoms with E-state index in [4.69, 9.17) is 18.6 Å². The van der Waals surface area contributed by atoms with E-state index < -0.39 is 5.97 Å². The van der Waals surface area contributed by atoms with Gasteiger partial charge in [-0.3, -0.25) is 0 Å². The zero-order valence-electron chi connectivity index (χ0n) is 18.9. The van der Waals surface area contributed by atoms with Gasteiger partial charge in [0.05, 0.1) is 20.5 Å². The van der Waals surface area contributed by atoms with Gasteiger partial charge in [0.15, 0.2) is 0 Å². The summed E-state index contributed by atoms with van der Waals surface area (Å²) < 4.78 is 21.5. The molecule has 0 unspecified atom stereocenters. The standard InChI is InChI=1S/C26H28O6/c1-5-6-10-21-17(2)20-13-12-19(14-24(20)32-26(21)28)31-15-18-9-7-8-11-22(18)23(16-29-3)25(27)30-4/h7-9,11-14,16H,5-6,10,15H2,1-4H3/b23-16+. The Morgan fingerprint density at radius 3 is 2.62 bits per heavy atom. The monoisotopic (exact) mass is 436 g/mol. The van der Waals surface area contributed by atoms with E-state index in [9.17, 15) is 9.59 Å². The SMILES string of the molecule is CCCCc1c(C)c2ccc(OCc3ccccc3/C(=C\OC)C(=O)OC)cc2oc1=O. The minimum atomic E-state index is -0.499. The fourth-order valence-corrected chi connectivity index (χ4v) is 3.63. The van der Waals surface area contributed by atoms with Crippen molar-refractivity contribution in [3.8, 4) is 5.75 Å². The van der Waals surface area contributed by atoms with Gasteiger partial charge in [0.1, 0.15) is 23.5 Å². The van der Waals surface area contributed by atoms with Gasteiger partial charge in [0, 0.05) is 17.0 Å². The molecule has 3 rings (SSSR count). The molecular weight excluding hydrogens is 408 g/mol. The third kappa shape index (κ3) is 5.02. The Labute approximate surface area is 187 Å². The molecule has 3 aromatic rings. The first-order chi connectivity index (χ1) is 15.5. The number of methoxy groups -OCH3 is 2. The molecule has 1 aromatic heterocycles. The summed E-state index contributed by atoms with van der Waals surface area (Å²) in [5.74, 6) is 0.0626. The molecule has 0 saturated heterocycles. The fraction of sp³-hybridized carbons (Fsp3) is 0.308. The first-order valence-corrected chi connectivity index (χ1v) is 10.6. The summed E-state index contributed by atoms with van der Waals surface area (Å²) in [6.45, 7) is 4.26. The summed E-state index contributed by atoms with van der Waals surface area (Å²) in [5.41, 5.74) is 3.63. The molecule has 2 aromatic carbocycles. The number of aryl methyl sites for hydroxylation is 1. The number of benzene rings is 2. The van der Waals surface area contributed by atoms with Crippen LogP contribution in [-0.4, -0.2) is 20.2 Å². The van der Waals surface area contributed by atoms with Crippen LogP contribution in [0, 0.1) is 6.92 Å². The van der Waals surface area contributed by atoms with Crippen molar-refractivity contribution in [1.82, 2.24) is 0 Å². The van der Waals surface area contributed by atoms with E-state index in [0.29, 0.717) is 28.9 Å². The average molecular weight is 437 g/mol. The first kappa shape index (κ1) is 23.1. The number of hydrogen-bond acceptors (Lipinski definition) is 6. The molecule has 1 heterocycles. The number of carbonyl (C=O) groups excluding carboxylic acids is 1.